The molecule has 148 valence electrons. The molecular weight excluding hydrogens is 379 g/mol. The predicted molar refractivity (Wildman–Crippen MR) is 109 cm³/mol. The van der Waals surface area contributed by atoms with Crippen molar-refractivity contribution in [3.63, 3.8) is 0 Å². The molecule has 4 rings (SSSR count). The SMILES string of the molecule is COc1ccc(N2C(=O)[C@@H](Oc3ccc(F)cc3)[C@H]2CN2CCSCC2)cc1. The van der Waals surface area contributed by atoms with Crippen LogP contribution in [0.4, 0.5) is 10.1 Å². The molecule has 0 aromatic heterocycles. The Kier molecular flexibility index (Phi) is 5.73. The fraction of sp³-hybridized carbons (Fsp3) is 0.381. The molecule has 0 aliphatic carbocycles. The van der Waals surface area contributed by atoms with Gasteiger partial charge in [-0.25, -0.2) is 4.39 Å². The molecule has 0 radical (unpaired) electrons. The quantitative estimate of drug-likeness (QED) is 0.695. The summed E-state index contributed by atoms with van der Waals surface area (Å²) in [6.45, 7) is 2.77. The van der Waals surface area contributed by atoms with Gasteiger partial charge in [-0.3, -0.25) is 9.69 Å². The van der Waals surface area contributed by atoms with Crippen LogP contribution in [0.5, 0.6) is 11.5 Å². The minimum absolute atomic E-state index is 0.0779. The van der Waals surface area contributed by atoms with Crippen molar-refractivity contribution in [1.82, 2.24) is 4.90 Å². The van der Waals surface area contributed by atoms with E-state index in [2.05, 4.69) is 4.90 Å². The fourth-order valence-corrected chi connectivity index (χ4v) is 4.57. The van der Waals surface area contributed by atoms with Crippen LogP contribution in [0.25, 0.3) is 0 Å². The van der Waals surface area contributed by atoms with Crippen LogP contribution in [-0.2, 0) is 4.79 Å². The van der Waals surface area contributed by atoms with Gasteiger partial charge in [0.25, 0.3) is 5.91 Å². The van der Waals surface area contributed by atoms with E-state index in [0.717, 1.165) is 42.6 Å². The second kappa shape index (κ2) is 8.41. The van der Waals surface area contributed by atoms with E-state index in [0.29, 0.717) is 5.75 Å². The topological polar surface area (TPSA) is 42.0 Å². The molecule has 2 aliphatic rings. The van der Waals surface area contributed by atoms with E-state index in [9.17, 15) is 9.18 Å². The molecule has 2 heterocycles. The van der Waals surface area contributed by atoms with Crippen LogP contribution in [0.15, 0.2) is 48.5 Å². The van der Waals surface area contributed by atoms with Gasteiger partial charge in [0.1, 0.15) is 17.3 Å². The third-order valence-electron chi connectivity index (χ3n) is 5.14. The maximum atomic E-state index is 13.2. The molecule has 0 unspecified atom stereocenters. The zero-order valence-electron chi connectivity index (χ0n) is 15.7. The molecule has 2 aliphatic heterocycles. The largest absolute Gasteiger partial charge is 0.497 e. The number of amides is 1. The Morgan fingerprint density at radius 2 is 1.68 bits per heavy atom. The van der Waals surface area contributed by atoms with Crippen molar-refractivity contribution >= 4 is 23.4 Å². The van der Waals surface area contributed by atoms with Crippen molar-refractivity contribution in [3.05, 3.63) is 54.3 Å². The molecule has 2 aromatic carbocycles. The Morgan fingerprint density at radius 3 is 2.32 bits per heavy atom. The summed E-state index contributed by atoms with van der Waals surface area (Å²) in [4.78, 5) is 17.1. The van der Waals surface area contributed by atoms with Gasteiger partial charge in [0.15, 0.2) is 6.10 Å². The van der Waals surface area contributed by atoms with E-state index in [4.69, 9.17) is 9.47 Å². The highest BCUT2D eigenvalue weighted by molar-refractivity contribution is 7.99. The summed E-state index contributed by atoms with van der Waals surface area (Å²) < 4.78 is 24.3. The van der Waals surface area contributed by atoms with E-state index >= 15 is 0 Å². The smallest absolute Gasteiger partial charge is 0.270 e. The van der Waals surface area contributed by atoms with Crippen molar-refractivity contribution in [3.8, 4) is 11.5 Å². The standard InChI is InChI=1S/C21H23FN2O3S/c1-26-17-8-4-16(5-9-17)24-19(14-23-10-12-28-13-11-23)20(21(24)25)27-18-6-2-15(22)3-7-18/h2-9,19-20H,10-14H2,1H3/t19-,20+/m1/s1. The maximum absolute atomic E-state index is 13.2. The van der Waals surface area contributed by atoms with Crippen molar-refractivity contribution in [2.75, 3.05) is 43.1 Å². The number of halogens is 1. The second-order valence-electron chi connectivity index (χ2n) is 6.88. The molecule has 2 aromatic rings. The second-order valence-corrected chi connectivity index (χ2v) is 8.10. The Hall–Kier alpha value is -2.25. The Balaban J connectivity index is 1.54. The normalized spacial score (nSPS) is 22.6. The van der Waals surface area contributed by atoms with Gasteiger partial charge in [-0.15, -0.1) is 0 Å². The van der Waals surface area contributed by atoms with Gasteiger partial charge in [-0.1, -0.05) is 0 Å². The summed E-state index contributed by atoms with van der Waals surface area (Å²) in [6, 6.07) is 13.2. The minimum atomic E-state index is -0.567. The van der Waals surface area contributed by atoms with Gasteiger partial charge in [-0.2, -0.15) is 11.8 Å². The monoisotopic (exact) mass is 402 g/mol. The maximum Gasteiger partial charge on any atom is 0.270 e. The first-order valence-electron chi connectivity index (χ1n) is 9.35. The zero-order chi connectivity index (χ0) is 19.5. The highest BCUT2D eigenvalue weighted by Crippen LogP contribution is 2.33. The fourth-order valence-electron chi connectivity index (χ4n) is 3.59. The summed E-state index contributed by atoms with van der Waals surface area (Å²) in [5.74, 6) is 3.06. The van der Waals surface area contributed by atoms with E-state index in [1.165, 1.54) is 12.1 Å². The first-order chi connectivity index (χ1) is 13.7. The van der Waals surface area contributed by atoms with Gasteiger partial charge in [-0.05, 0) is 48.5 Å². The first kappa shape index (κ1) is 19.1. The van der Waals surface area contributed by atoms with Crippen molar-refractivity contribution in [2.24, 2.45) is 0 Å². The lowest BCUT2D eigenvalue weighted by molar-refractivity contribution is -0.135. The lowest BCUT2D eigenvalue weighted by atomic mass is 9.95. The highest BCUT2D eigenvalue weighted by atomic mass is 32.2. The summed E-state index contributed by atoms with van der Waals surface area (Å²) in [6.07, 6.45) is -0.567. The van der Waals surface area contributed by atoms with Crippen LogP contribution in [0.2, 0.25) is 0 Å². The molecule has 2 atom stereocenters. The van der Waals surface area contributed by atoms with Gasteiger partial charge < -0.3 is 14.4 Å². The molecule has 7 heteroatoms. The summed E-state index contributed by atoms with van der Waals surface area (Å²) in [5, 5.41) is 0. The number of nitrogens with zero attached hydrogens (tertiary/aromatic N) is 2. The molecular formula is C21H23FN2O3S. The molecule has 2 fully saturated rings. The summed E-state index contributed by atoms with van der Waals surface area (Å²) in [7, 11) is 1.62. The Labute approximate surface area is 168 Å². The number of anilines is 1. The Bertz CT molecular complexity index is 809. The van der Waals surface area contributed by atoms with Gasteiger partial charge in [0, 0.05) is 36.8 Å². The first-order valence-corrected chi connectivity index (χ1v) is 10.5. The van der Waals surface area contributed by atoms with Gasteiger partial charge in [0.05, 0.1) is 13.2 Å². The molecule has 0 spiro atoms. The highest BCUT2D eigenvalue weighted by Gasteiger charge is 2.50. The van der Waals surface area contributed by atoms with Crippen LogP contribution < -0.4 is 14.4 Å². The summed E-state index contributed by atoms with van der Waals surface area (Å²) >= 11 is 1.96. The van der Waals surface area contributed by atoms with Crippen molar-refractivity contribution < 1.29 is 18.7 Å². The van der Waals surface area contributed by atoms with Crippen LogP contribution in [0.3, 0.4) is 0 Å². The molecule has 1 amide bonds. The number of β-lactam (4-membered cyclic amide) rings is 1. The number of ether oxygens (including phenoxy) is 2. The van der Waals surface area contributed by atoms with E-state index in [-0.39, 0.29) is 17.8 Å². The van der Waals surface area contributed by atoms with Gasteiger partial charge in [0.2, 0.25) is 0 Å². The minimum Gasteiger partial charge on any atom is -0.497 e. The average molecular weight is 402 g/mol. The molecule has 0 saturated carbocycles. The van der Waals surface area contributed by atoms with Gasteiger partial charge >= 0.3 is 0 Å². The van der Waals surface area contributed by atoms with E-state index in [1.807, 2.05) is 36.0 Å². The number of thioether (sulfide) groups is 1. The predicted octanol–water partition coefficient (Wildman–Crippen LogP) is 3.05. The van der Waals surface area contributed by atoms with Crippen molar-refractivity contribution in [2.45, 2.75) is 12.1 Å². The molecule has 2 saturated heterocycles. The lowest BCUT2D eigenvalue weighted by Gasteiger charge is -2.48. The van der Waals surface area contributed by atoms with Crippen LogP contribution in [0, 0.1) is 5.82 Å². The van der Waals surface area contributed by atoms with E-state index < -0.39 is 6.10 Å². The number of carbonyl (C=O) groups excluding carboxylic acids is 1. The van der Waals surface area contributed by atoms with Crippen LogP contribution in [0.1, 0.15) is 0 Å². The van der Waals surface area contributed by atoms with Crippen LogP contribution >= 0.6 is 11.8 Å². The zero-order valence-corrected chi connectivity index (χ0v) is 16.5. The number of hydrogen-bond acceptors (Lipinski definition) is 5. The number of methoxy groups -OCH3 is 1. The Morgan fingerprint density at radius 1 is 1.04 bits per heavy atom. The number of rotatable bonds is 6. The number of hydrogen-bond donors (Lipinski definition) is 0. The number of carbonyl (C=O) groups is 1. The molecule has 5 nitrogen and oxygen atoms in total. The third kappa shape index (κ3) is 3.95. The molecule has 0 N–H and O–H groups in total. The number of benzene rings is 2. The molecule has 0 bridgehead atoms. The third-order valence-corrected chi connectivity index (χ3v) is 6.08. The molecule has 28 heavy (non-hydrogen) atoms. The lowest BCUT2D eigenvalue weighted by Crippen LogP contribution is -2.70. The van der Waals surface area contributed by atoms with Crippen LogP contribution in [-0.4, -0.2) is 61.2 Å². The van der Waals surface area contributed by atoms with Crippen molar-refractivity contribution in [1.29, 1.82) is 0 Å². The van der Waals surface area contributed by atoms with E-state index in [1.54, 1.807) is 24.1 Å². The summed E-state index contributed by atoms with van der Waals surface area (Å²) in [5.41, 5.74) is 0.834. The average Bonchev–Trinajstić information content (AvgIpc) is 2.74.